The molecule has 1 aliphatic rings. The van der Waals surface area contributed by atoms with Gasteiger partial charge in [0.2, 0.25) is 5.88 Å². The Bertz CT molecular complexity index is 548. The zero-order valence-corrected chi connectivity index (χ0v) is 16.4. The summed E-state index contributed by atoms with van der Waals surface area (Å²) in [7, 11) is 1.67. The average Bonchev–Trinajstić information content (AvgIpc) is 2.58. The molecule has 0 spiro atoms. The molecule has 2 N–H and O–H groups in total. The van der Waals surface area contributed by atoms with Crippen LogP contribution in [0, 0.1) is 0 Å². The molecule has 1 aromatic rings. The van der Waals surface area contributed by atoms with Crippen LogP contribution in [0.3, 0.4) is 0 Å². The number of hydrogen-bond acceptors (Lipinski definition) is 3. The first-order chi connectivity index (χ1) is 11.5. The van der Waals surface area contributed by atoms with Gasteiger partial charge < -0.3 is 15.4 Å². The number of nitrogens with zero attached hydrogens (tertiary/aromatic N) is 2. The number of aliphatic imine (C=N–C) groups is 1. The maximum Gasteiger partial charge on any atom is 0.421 e. The summed E-state index contributed by atoms with van der Waals surface area (Å²) in [5, 5.41) is 6.38. The van der Waals surface area contributed by atoms with Crippen molar-refractivity contribution >= 4 is 29.9 Å². The SMILES string of the molecule is CN=C(NCCOc1ncccc1C(F)(F)F)NC1CCCCC1.I. The molecule has 0 radical (unpaired) electrons. The molecule has 1 fully saturated rings. The van der Waals surface area contributed by atoms with E-state index in [9.17, 15) is 13.2 Å². The van der Waals surface area contributed by atoms with Crippen LogP contribution in [0.2, 0.25) is 0 Å². The van der Waals surface area contributed by atoms with Gasteiger partial charge in [0.15, 0.2) is 5.96 Å². The number of alkyl halides is 3. The maximum atomic E-state index is 12.8. The van der Waals surface area contributed by atoms with Crippen molar-refractivity contribution in [1.82, 2.24) is 15.6 Å². The second-order valence-electron chi connectivity index (χ2n) is 5.68. The Morgan fingerprint density at radius 2 is 2.04 bits per heavy atom. The number of hydrogen-bond donors (Lipinski definition) is 2. The molecule has 0 saturated heterocycles. The normalized spacial score (nSPS) is 16.1. The predicted octanol–water partition coefficient (Wildman–Crippen LogP) is 3.59. The van der Waals surface area contributed by atoms with Gasteiger partial charge in [-0.15, -0.1) is 24.0 Å². The maximum absolute atomic E-state index is 12.8. The lowest BCUT2D eigenvalue weighted by Gasteiger charge is -2.24. The number of halogens is 4. The molecule has 0 unspecified atom stereocenters. The second-order valence-corrected chi connectivity index (χ2v) is 5.68. The quantitative estimate of drug-likeness (QED) is 0.298. The highest BCUT2D eigenvalue weighted by Gasteiger charge is 2.34. The molecule has 0 bridgehead atoms. The first kappa shape index (κ1) is 21.8. The second kappa shape index (κ2) is 10.7. The number of nitrogens with one attached hydrogen (secondary N) is 2. The van der Waals surface area contributed by atoms with E-state index in [1.54, 1.807) is 7.05 Å². The molecule has 0 amide bonds. The molecule has 5 nitrogen and oxygen atoms in total. The first-order valence-corrected chi connectivity index (χ1v) is 8.13. The monoisotopic (exact) mass is 472 g/mol. The fraction of sp³-hybridized carbons (Fsp3) is 0.625. The van der Waals surface area contributed by atoms with Crippen LogP contribution in [-0.4, -0.2) is 37.2 Å². The van der Waals surface area contributed by atoms with Crippen molar-refractivity contribution in [3.63, 3.8) is 0 Å². The van der Waals surface area contributed by atoms with Gasteiger partial charge in [0.1, 0.15) is 12.2 Å². The number of aromatic nitrogens is 1. The Balaban J connectivity index is 0.00000312. The van der Waals surface area contributed by atoms with E-state index < -0.39 is 17.6 Å². The number of ether oxygens (including phenoxy) is 1. The molecule has 1 aromatic heterocycles. The molecule has 0 aliphatic heterocycles. The Morgan fingerprint density at radius 1 is 1.32 bits per heavy atom. The molecule has 0 atom stereocenters. The van der Waals surface area contributed by atoms with Gasteiger partial charge in [-0.2, -0.15) is 13.2 Å². The third-order valence-corrected chi connectivity index (χ3v) is 3.88. The summed E-state index contributed by atoms with van der Waals surface area (Å²) in [6.07, 6.45) is 2.70. The van der Waals surface area contributed by atoms with E-state index in [4.69, 9.17) is 4.74 Å². The first-order valence-electron chi connectivity index (χ1n) is 8.13. The van der Waals surface area contributed by atoms with E-state index in [-0.39, 0.29) is 30.6 Å². The summed E-state index contributed by atoms with van der Waals surface area (Å²) in [6, 6.07) is 2.60. The summed E-state index contributed by atoms with van der Waals surface area (Å²) in [5.74, 6) is 0.240. The minimum atomic E-state index is -4.48. The van der Waals surface area contributed by atoms with Crippen molar-refractivity contribution in [1.29, 1.82) is 0 Å². The van der Waals surface area contributed by atoms with Gasteiger partial charge in [0.05, 0.1) is 6.54 Å². The van der Waals surface area contributed by atoms with Gasteiger partial charge in [-0.3, -0.25) is 4.99 Å². The predicted molar refractivity (Wildman–Crippen MR) is 102 cm³/mol. The Labute approximate surface area is 162 Å². The smallest absolute Gasteiger partial charge is 0.421 e. The van der Waals surface area contributed by atoms with Crippen LogP contribution in [0.15, 0.2) is 23.3 Å². The number of rotatable bonds is 5. The lowest BCUT2D eigenvalue weighted by Crippen LogP contribution is -2.45. The minimum absolute atomic E-state index is 0. The van der Waals surface area contributed by atoms with Crippen molar-refractivity contribution in [2.24, 2.45) is 4.99 Å². The molecular formula is C16H24F3IN4O. The van der Waals surface area contributed by atoms with E-state index in [1.165, 1.54) is 31.5 Å². The largest absolute Gasteiger partial charge is 0.475 e. The van der Waals surface area contributed by atoms with Crippen molar-refractivity contribution in [3.05, 3.63) is 23.9 Å². The van der Waals surface area contributed by atoms with Crippen LogP contribution in [0.1, 0.15) is 37.7 Å². The van der Waals surface area contributed by atoms with Gasteiger partial charge in [0, 0.05) is 19.3 Å². The zero-order chi connectivity index (χ0) is 17.4. The standard InChI is InChI=1S/C16H23F3N4O.HI/c1-20-15(23-12-6-3-2-4-7-12)22-10-11-24-14-13(16(17,18)19)8-5-9-21-14;/h5,8-9,12H,2-4,6-7,10-11H2,1H3,(H2,20,22,23);1H. The molecule has 2 rings (SSSR count). The topological polar surface area (TPSA) is 58.5 Å². The summed E-state index contributed by atoms with van der Waals surface area (Å²) in [6.45, 7) is 0.395. The van der Waals surface area contributed by atoms with Crippen molar-refractivity contribution in [3.8, 4) is 5.88 Å². The minimum Gasteiger partial charge on any atom is -0.475 e. The van der Waals surface area contributed by atoms with Crippen LogP contribution >= 0.6 is 24.0 Å². The lowest BCUT2D eigenvalue weighted by atomic mass is 9.96. The van der Waals surface area contributed by atoms with Crippen molar-refractivity contribution in [2.75, 3.05) is 20.2 Å². The fourth-order valence-corrected chi connectivity index (χ4v) is 2.67. The number of pyridine rings is 1. The highest BCUT2D eigenvalue weighted by atomic mass is 127. The van der Waals surface area contributed by atoms with Gasteiger partial charge >= 0.3 is 6.18 Å². The van der Waals surface area contributed by atoms with Gasteiger partial charge in [0.25, 0.3) is 0 Å². The number of guanidine groups is 1. The fourth-order valence-electron chi connectivity index (χ4n) is 2.67. The van der Waals surface area contributed by atoms with Crippen LogP contribution in [0.25, 0.3) is 0 Å². The molecular weight excluding hydrogens is 448 g/mol. The molecule has 0 aromatic carbocycles. The zero-order valence-electron chi connectivity index (χ0n) is 14.1. The van der Waals surface area contributed by atoms with Gasteiger partial charge in [-0.25, -0.2) is 4.98 Å². The Morgan fingerprint density at radius 3 is 2.68 bits per heavy atom. The van der Waals surface area contributed by atoms with Crippen LogP contribution in [0.5, 0.6) is 5.88 Å². The highest BCUT2D eigenvalue weighted by Crippen LogP contribution is 2.34. The van der Waals surface area contributed by atoms with E-state index in [1.807, 2.05) is 0 Å². The molecule has 9 heteroatoms. The van der Waals surface area contributed by atoms with Crippen molar-refractivity contribution < 1.29 is 17.9 Å². The molecule has 142 valence electrons. The third kappa shape index (κ3) is 7.25. The summed E-state index contributed by atoms with van der Waals surface area (Å²) in [5.41, 5.74) is -0.866. The molecule has 1 heterocycles. The Hall–Kier alpha value is -1.26. The van der Waals surface area contributed by atoms with Crippen LogP contribution in [0.4, 0.5) is 13.2 Å². The summed E-state index contributed by atoms with van der Waals surface area (Å²) in [4.78, 5) is 7.79. The lowest BCUT2D eigenvalue weighted by molar-refractivity contribution is -0.139. The van der Waals surface area contributed by atoms with Crippen molar-refractivity contribution in [2.45, 2.75) is 44.3 Å². The average molecular weight is 472 g/mol. The van der Waals surface area contributed by atoms with Crippen LogP contribution < -0.4 is 15.4 Å². The summed E-state index contributed by atoms with van der Waals surface area (Å²) >= 11 is 0. The molecule has 1 aliphatic carbocycles. The van der Waals surface area contributed by atoms with Crippen LogP contribution in [-0.2, 0) is 6.18 Å². The van der Waals surface area contributed by atoms with E-state index in [0.29, 0.717) is 18.5 Å². The van der Waals surface area contributed by atoms with E-state index in [2.05, 4.69) is 20.6 Å². The Kier molecular flexibility index (Phi) is 9.30. The third-order valence-electron chi connectivity index (χ3n) is 3.88. The van der Waals surface area contributed by atoms with E-state index >= 15 is 0 Å². The highest BCUT2D eigenvalue weighted by molar-refractivity contribution is 14.0. The van der Waals surface area contributed by atoms with E-state index in [0.717, 1.165) is 18.9 Å². The summed E-state index contributed by atoms with van der Waals surface area (Å²) < 4.78 is 43.7. The molecule has 25 heavy (non-hydrogen) atoms. The van der Waals surface area contributed by atoms with Gasteiger partial charge in [-0.1, -0.05) is 19.3 Å². The molecule has 1 saturated carbocycles. The van der Waals surface area contributed by atoms with Gasteiger partial charge in [-0.05, 0) is 25.0 Å².